The number of thiophene rings is 1. The number of benzene rings is 1. The molecule has 0 spiro atoms. The summed E-state index contributed by atoms with van der Waals surface area (Å²) in [4.78, 5) is 27.0. The van der Waals surface area contributed by atoms with Gasteiger partial charge in [-0.2, -0.15) is 0 Å². The van der Waals surface area contributed by atoms with Gasteiger partial charge in [0.15, 0.2) is 5.78 Å². The van der Waals surface area contributed by atoms with Gasteiger partial charge >= 0.3 is 0 Å². The van der Waals surface area contributed by atoms with Crippen LogP contribution in [0.5, 0.6) is 0 Å². The lowest BCUT2D eigenvalue weighted by Gasteiger charge is -2.18. The Hall–Kier alpha value is -1.98. The fraction of sp³-hybridized carbons (Fsp3) is 0.368. The van der Waals surface area contributed by atoms with Crippen molar-refractivity contribution in [1.29, 1.82) is 0 Å². The largest absolute Gasteiger partial charge is 0.347 e. The van der Waals surface area contributed by atoms with Crippen LogP contribution in [-0.2, 0) is 13.1 Å². The Balaban J connectivity index is 1.89. The van der Waals surface area contributed by atoms with Gasteiger partial charge in [-0.15, -0.1) is 11.3 Å². The number of amides is 1. The number of carbonyl (C=O) groups is 2. The lowest BCUT2D eigenvalue weighted by Crippen LogP contribution is -2.22. The van der Waals surface area contributed by atoms with E-state index in [1.165, 1.54) is 23.8 Å². The number of rotatable bonds is 8. The molecule has 0 aliphatic rings. The van der Waals surface area contributed by atoms with Gasteiger partial charge in [-0.1, -0.05) is 38.1 Å². The first-order valence-electron chi connectivity index (χ1n) is 8.22. The standard InChI is InChI=1S/C19H24N2O2S/c1-4-21(5-2)13-16-8-6-15(7-9-16)12-20-19(23)18-11-10-17(24-18)14(3)22/h6-11H,4-5,12-13H2,1-3H3,(H,20,23). The molecule has 0 aliphatic heterocycles. The zero-order chi connectivity index (χ0) is 17.5. The second-order valence-electron chi connectivity index (χ2n) is 5.68. The maximum Gasteiger partial charge on any atom is 0.261 e. The summed E-state index contributed by atoms with van der Waals surface area (Å²) in [6.45, 7) is 9.34. The van der Waals surface area contributed by atoms with Crippen LogP contribution in [0.2, 0.25) is 0 Å². The highest BCUT2D eigenvalue weighted by Crippen LogP contribution is 2.17. The molecular weight excluding hydrogens is 320 g/mol. The van der Waals surface area contributed by atoms with Crippen LogP contribution in [-0.4, -0.2) is 29.7 Å². The Morgan fingerprint density at radius 1 is 0.958 bits per heavy atom. The topological polar surface area (TPSA) is 49.4 Å². The average Bonchev–Trinajstić information content (AvgIpc) is 3.09. The second kappa shape index (κ2) is 8.76. The van der Waals surface area contributed by atoms with Crippen molar-refractivity contribution in [2.24, 2.45) is 0 Å². The molecular formula is C19H24N2O2S. The third-order valence-corrected chi connectivity index (χ3v) is 5.14. The van der Waals surface area contributed by atoms with Crippen LogP contribution in [0.1, 0.15) is 51.2 Å². The summed E-state index contributed by atoms with van der Waals surface area (Å²) in [7, 11) is 0. The predicted molar refractivity (Wildman–Crippen MR) is 98.6 cm³/mol. The Bertz CT molecular complexity index is 688. The molecule has 4 nitrogen and oxygen atoms in total. The van der Waals surface area contributed by atoms with Crippen LogP contribution < -0.4 is 5.32 Å². The molecule has 2 aromatic rings. The lowest BCUT2D eigenvalue weighted by atomic mass is 10.1. The molecule has 0 bridgehead atoms. The van der Waals surface area contributed by atoms with Crippen LogP contribution in [0.3, 0.4) is 0 Å². The van der Waals surface area contributed by atoms with Crippen molar-refractivity contribution in [1.82, 2.24) is 10.2 Å². The zero-order valence-corrected chi connectivity index (χ0v) is 15.3. The summed E-state index contributed by atoms with van der Waals surface area (Å²) in [5.41, 5.74) is 2.34. The van der Waals surface area contributed by atoms with Gasteiger partial charge < -0.3 is 5.32 Å². The Kier molecular flexibility index (Phi) is 6.70. The molecule has 2 rings (SSSR count). The van der Waals surface area contributed by atoms with Gasteiger partial charge in [-0.25, -0.2) is 0 Å². The molecule has 0 radical (unpaired) electrons. The minimum Gasteiger partial charge on any atom is -0.347 e. The number of ketones is 1. The highest BCUT2D eigenvalue weighted by Gasteiger charge is 2.11. The number of hydrogen-bond acceptors (Lipinski definition) is 4. The highest BCUT2D eigenvalue weighted by molar-refractivity contribution is 7.15. The van der Waals surface area contributed by atoms with E-state index in [1.807, 2.05) is 0 Å². The zero-order valence-electron chi connectivity index (χ0n) is 14.5. The first-order chi connectivity index (χ1) is 11.5. The van der Waals surface area contributed by atoms with Crippen LogP contribution >= 0.6 is 11.3 Å². The summed E-state index contributed by atoms with van der Waals surface area (Å²) in [6, 6.07) is 11.7. The van der Waals surface area contributed by atoms with E-state index >= 15 is 0 Å². The van der Waals surface area contributed by atoms with E-state index in [9.17, 15) is 9.59 Å². The monoisotopic (exact) mass is 344 g/mol. The van der Waals surface area contributed by atoms with Crippen LogP contribution in [0.4, 0.5) is 0 Å². The minimum atomic E-state index is -0.139. The van der Waals surface area contributed by atoms with E-state index in [0.29, 0.717) is 16.3 Å². The molecule has 0 saturated carbocycles. The van der Waals surface area contributed by atoms with Crippen molar-refractivity contribution in [2.75, 3.05) is 13.1 Å². The maximum atomic E-state index is 12.1. The predicted octanol–water partition coefficient (Wildman–Crippen LogP) is 3.72. The molecule has 5 heteroatoms. The third-order valence-electron chi connectivity index (χ3n) is 3.95. The first kappa shape index (κ1) is 18.4. The summed E-state index contributed by atoms with van der Waals surface area (Å²) in [5.74, 6) is -0.150. The van der Waals surface area contributed by atoms with E-state index in [0.717, 1.165) is 25.2 Å². The van der Waals surface area contributed by atoms with Crippen molar-refractivity contribution in [3.8, 4) is 0 Å². The van der Waals surface area contributed by atoms with Crippen molar-refractivity contribution < 1.29 is 9.59 Å². The van der Waals surface area contributed by atoms with Crippen LogP contribution in [0, 0.1) is 0 Å². The molecule has 0 unspecified atom stereocenters. The Labute approximate surface area is 147 Å². The normalized spacial score (nSPS) is 10.8. The minimum absolute atomic E-state index is 0.0113. The van der Waals surface area contributed by atoms with Gasteiger partial charge in [-0.05, 0) is 43.3 Å². The number of Topliss-reactive ketones (excluding diaryl/α,β-unsaturated/α-hetero) is 1. The lowest BCUT2D eigenvalue weighted by molar-refractivity contribution is 0.0954. The van der Waals surface area contributed by atoms with E-state index < -0.39 is 0 Å². The van der Waals surface area contributed by atoms with Gasteiger partial charge in [0.2, 0.25) is 0 Å². The summed E-state index contributed by atoms with van der Waals surface area (Å²) in [6.07, 6.45) is 0. The molecule has 0 aliphatic carbocycles. The molecule has 1 aromatic heterocycles. The number of nitrogens with zero attached hydrogens (tertiary/aromatic N) is 1. The summed E-state index contributed by atoms with van der Waals surface area (Å²) < 4.78 is 0. The molecule has 24 heavy (non-hydrogen) atoms. The SMILES string of the molecule is CCN(CC)Cc1ccc(CNC(=O)c2ccc(C(C)=O)s2)cc1. The molecule has 1 heterocycles. The highest BCUT2D eigenvalue weighted by atomic mass is 32.1. The first-order valence-corrected chi connectivity index (χ1v) is 9.04. The van der Waals surface area contributed by atoms with E-state index in [4.69, 9.17) is 0 Å². The number of nitrogens with one attached hydrogen (secondary N) is 1. The van der Waals surface area contributed by atoms with Gasteiger partial charge in [0.25, 0.3) is 5.91 Å². The van der Waals surface area contributed by atoms with Crippen LogP contribution in [0.15, 0.2) is 36.4 Å². The van der Waals surface area contributed by atoms with Gasteiger partial charge in [0.05, 0.1) is 9.75 Å². The maximum absolute atomic E-state index is 12.1. The van der Waals surface area contributed by atoms with Crippen molar-refractivity contribution in [3.05, 3.63) is 57.3 Å². The van der Waals surface area contributed by atoms with Gasteiger partial charge in [0, 0.05) is 13.1 Å². The third kappa shape index (κ3) is 5.01. The van der Waals surface area contributed by atoms with Gasteiger partial charge in [-0.3, -0.25) is 14.5 Å². The molecule has 1 N–H and O–H groups in total. The molecule has 0 fully saturated rings. The Morgan fingerprint density at radius 2 is 1.54 bits per heavy atom. The number of carbonyl (C=O) groups excluding carboxylic acids is 2. The van der Waals surface area contributed by atoms with Crippen molar-refractivity contribution in [3.63, 3.8) is 0 Å². The smallest absolute Gasteiger partial charge is 0.261 e. The van der Waals surface area contributed by atoms with Gasteiger partial charge in [0.1, 0.15) is 0 Å². The molecule has 1 amide bonds. The fourth-order valence-corrected chi connectivity index (χ4v) is 3.20. The molecule has 0 atom stereocenters. The van der Waals surface area contributed by atoms with Crippen LogP contribution in [0.25, 0.3) is 0 Å². The van der Waals surface area contributed by atoms with Crippen molar-refractivity contribution in [2.45, 2.75) is 33.9 Å². The number of hydrogen-bond donors (Lipinski definition) is 1. The molecule has 1 aromatic carbocycles. The molecule has 128 valence electrons. The summed E-state index contributed by atoms with van der Waals surface area (Å²) >= 11 is 1.23. The fourth-order valence-electron chi connectivity index (χ4n) is 2.39. The molecule has 0 saturated heterocycles. The second-order valence-corrected chi connectivity index (χ2v) is 6.76. The van der Waals surface area contributed by atoms with E-state index in [-0.39, 0.29) is 11.7 Å². The van der Waals surface area contributed by atoms with Crippen molar-refractivity contribution >= 4 is 23.0 Å². The quantitative estimate of drug-likeness (QED) is 0.743. The van der Waals surface area contributed by atoms with E-state index in [2.05, 4.69) is 48.3 Å². The summed E-state index contributed by atoms with van der Waals surface area (Å²) in [5, 5.41) is 2.90. The Morgan fingerprint density at radius 3 is 2.08 bits per heavy atom. The average molecular weight is 344 g/mol. The van der Waals surface area contributed by atoms with E-state index in [1.54, 1.807) is 12.1 Å².